The van der Waals surface area contributed by atoms with Crippen molar-refractivity contribution in [3.05, 3.63) is 12.4 Å². The molecule has 2 aliphatic heterocycles. The number of carbonyl (C=O) groups is 2. The fourth-order valence-corrected chi connectivity index (χ4v) is 5.83. The van der Waals surface area contributed by atoms with Crippen molar-refractivity contribution in [3.63, 3.8) is 0 Å². The van der Waals surface area contributed by atoms with Crippen LogP contribution in [0.5, 0.6) is 0 Å². The standard InChI is InChI=1S/C11H14N4O6S/c1-11(5-14-3-2-12-13-14)7(10(18)19)15-8(17)6(4-16)9(15)22(11,20)21/h2-3,6-7,9,16H,4-5H2,1H3,(H,18,19)/t6-,7?,9?,11+/m1/s1. The maximum absolute atomic E-state index is 12.8. The minimum atomic E-state index is -4.02. The first-order valence-corrected chi connectivity index (χ1v) is 8.03. The quantitative estimate of drug-likeness (QED) is 0.587. The summed E-state index contributed by atoms with van der Waals surface area (Å²) in [6.07, 6.45) is 2.76. The number of carboxylic acid groups (broad SMARTS) is 1. The van der Waals surface area contributed by atoms with Crippen molar-refractivity contribution in [2.45, 2.75) is 29.6 Å². The fraction of sp³-hybridized carbons (Fsp3) is 0.636. The van der Waals surface area contributed by atoms with Crippen molar-refractivity contribution in [3.8, 4) is 0 Å². The van der Waals surface area contributed by atoms with Gasteiger partial charge in [0.2, 0.25) is 5.91 Å². The number of nitrogens with zero attached hydrogens (tertiary/aromatic N) is 4. The first kappa shape index (κ1) is 14.9. The summed E-state index contributed by atoms with van der Waals surface area (Å²) in [5.41, 5.74) is 0. The predicted octanol–water partition coefficient (Wildman–Crippen LogP) is -2.30. The Morgan fingerprint density at radius 3 is 2.68 bits per heavy atom. The minimum absolute atomic E-state index is 0.245. The zero-order chi connectivity index (χ0) is 16.3. The van der Waals surface area contributed by atoms with Crippen molar-refractivity contribution >= 4 is 21.7 Å². The van der Waals surface area contributed by atoms with Crippen LogP contribution in [0, 0.1) is 5.92 Å². The molecule has 0 spiro atoms. The lowest BCUT2D eigenvalue weighted by molar-refractivity contribution is -0.165. The summed E-state index contributed by atoms with van der Waals surface area (Å²) >= 11 is 0. The Morgan fingerprint density at radius 1 is 1.50 bits per heavy atom. The third-order valence-electron chi connectivity index (χ3n) is 4.39. The molecule has 22 heavy (non-hydrogen) atoms. The maximum atomic E-state index is 12.8. The van der Waals surface area contributed by atoms with Gasteiger partial charge in [-0.3, -0.25) is 9.48 Å². The highest BCUT2D eigenvalue weighted by Crippen LogP contribution is 2.49. The molecule has 11 heteroatoms. The summed E-state index contributed by atoms with van der Waals surface area (Å²) < 4.78 is 25.1. The summed E-state index contributed by atoms with van der Waals surface area (Å²) in [5.74, 6) is -3.17. The van der Waals surface area contributed by atoms with Crippen molar-refractivity contribution in [1.82, 2.24) is 19.9 Å². The van der Waals surface area contributed by atoms with Gasteiger partial charge >= 0.3 is 5.97 Å². The van der Waals surface area contributed by atoms with Gasteiger partial charge in [-0.25, -0.2) is 13.2 Å². The Hall–Kier alpha value is -2.01. The van der Waals surface area contributed by atoms with E-state index in [0.717, 1.165) is 4.90 Å². The number of β-lactam (4-membered cyclic amide) rings is 1. The third kappa shape index (κ3) is 1.60. The molecule has 0 saturated carbocycles. The molecule has 2 saturated heterocycles. The molecule has 4 atom stereocenters. The minimum Gasteiger partial charge on any atom is -0.480 e. The lowest BCUT2D eigenvalue weighted by Gasteiger charge is -2.41. The van der Waals surface area contributed by atoms with E-state index in [2.05, 4.69) is 10.3 Å². The molecule has 120 valence electrons. The van der Waals surface area contributed by atoms with Crippen LogP contribution in [0.3, 0.4) is 0 Å². The molecule has 10 nitrogen and oxygen atoms in total. The van der Waals surface area contributed by atoms with Crippen LogP contribution in [0.15, 0.2) is 12.4 Å². The van der Waals surface area contributed by atoms with Gasteiger partial charge in [0.1, 0.15) is 10.1 Å². The van der Waals surface area contributed by atoms with Gasteiger partial charge in [0.05, 0.1) is 25.3 Å². The predicted molar refractivity (Wildman–Crippen MR) is 70.0 cm³/mol. The van der Waals surface area contributed by atoms with Gasteiger partial charge in [0.15, 0.2) is 15.9 Å². The topological polar surface area (TPSA) is 143 Å². The number of fused-ring (bicyclic) bond motifs is 1. The van der Waals surface area contributed by atoms with E-state index in [4.69, 9.17) is 0 Å². The van der Waals surface area contributed by atoms with Crippen LogP contribution in [-0.2, 0) is 26.0 Å². The van der Waals surface area contributed by atoms with Gasteiger partial charge in [0, 0.05) is 6.20 Å². The average molecular weight is 330 g/mol. The zero-order valence-electron chi connectivity index (χ0n) is 11.5. The van der Waals surface area contributed by atoms with Gasteiger partial charge in [-0.05, 0) is 6.92 Å². The molecule has 3 heterocycles. The van der Waals surface area contributed by atoms with Gasteiger partial charge in [0.25, 0.3) is 0 Å². The summed E-state index contributed by atoms with van der Waals surface area (Å²) in [7, 11) is -4.02. The molecule has 2 unspecified atom stereocenters. The van der Waals surface area contributed by atoms with Crippen LogP contribution in [-0.4, -0.2) is 73.2 Å². The number of carbonyl (C=O) groups excluding carboxylic acids is 1. The summed E-state index contributed by atoms with van der Waals surface area (Å²) in [4.78, 5) is 24.4. The number of aliphatic hydroxyl groups excluding tert-OH is 1. The second-order valence-corrected chi connectivity index (χ2v) is 8.13. The van der Waals surface area contributed by atoms with Gasteiger partial charge in [-0.15, -0.1) is 5.10 Å². The molecule has 0 radical (unpaired) electrons. The first-order chi connectivity index (χ1) is 10.3. The van der Waals surface area contributed by atoms with Gasteiger partial charge in [-0.2, -0.15) is 0 Å². The third-order valence-corrected chi connectivity index (χ3v) is 7.24. The second kappa shape index (κ2) is 4.49. The van der Waals surface area contributed by atoms with Crippen LogP contribution in [0.1, 0.15) is 6.92 Å². The Kier molecular flexibility index (Phi) is 3.04. The molecule has 1 aromatic heterocycles. The summed E-state index contributed by atoms with van der Waals surface area (Å²) in [6, 6.07) is -1.53. The van der Waals surface area contributed by atoms with E-state index in [1.807, 2.05) is 0 Å². The Morgan fingerprint density at radius 2 is 2.18 bits per heavy atom. The Balaban J connectivity index is 2.11. The van der Waals surface area contributed by atoms with Crippen molar-refractivity contribution in [1.29, 1.82) is 0 Å². The lowest BCUT2D eigenvalue weighted by Crippen LogP contribution is -2.64. The maximum Gasteiger partial charge on any atom is 0.328 e. The number of aliphatic carboxylic acids is 1. The Bertz CT molecular complexity index is 732. The summed E-state index contributed by atoms with van der Waals surface area (Å²) in [6.45, 7) is 0.401. The van der Waals surface area contributed by atoms with Crippen LogP contribution < -0.4 is 0 Å². The van der Waals surface area contributed by atoms with E-state index < -0.39 is 50.4 Å². The number of aromatic nitrogens is 3. The number of carboxylic acids is 1. The first-order valence-electron chi connectivity index (χ1n) is 6.49. The number of sulfone groups is 1. The van der Waals surface area contributed by atoms with E-state index in [9.17, 15) is 28.2 Å². The molecule has 1 aromatic rings. The molecule has 2 aliphatic rings. The van der Waals surface area contributed by atoms with Crippen LogP contribution >= 0.6 is 0 Å². The lowest BCUT2D eigenvalue weighted by atomic mass is 9.91. The highest BCUT2D eigenvalue weighted by Gasteiger charge is 2.73. The van der Waals surface area contributed by atoms with Gasteiger partial charge < -0.3 is 15.1 Å². The van der Waals surface area contributed by atoms with E-state index >= 15 is 0 Å². The normalized spacial score (nSPS) is 36.0. The molecule has 0 bridgehead atoms. The number of rotatable bonds is 4. The second-order valence-electron chi connectivity index (χ2n) is 5.62. The molecule has 1 amide bonds. The molecule has 2 fully saturated rings. The zero-order valence-corrected chi connectivity index (χ0v) is 12.3. The van der Waals surface area contributed by atoms with Crippen LogP contribution in [0.25, 0.3) is 0 Å². The van der Waals surface area contributed by atoms with Crippen molar-refractivity contribution < 1.29 is 28.2 Å². The number of hydrogen-bond donors (Lipinski definition) is 2. The molecule has 3 rings (SSSR count). The average Bonchev–Trinajstić information content (AvgIpc) is 2.97. The fourth-order valence-electron chi connectivity index (χ4n) is 3.28. The number of hydrogen-bond acceptors (Lipinski definition) is 7. The van der Waals surface area contributed by atoms with E-state index in [-0.39, 0.29) is 6.54 Å². The summed E-state index contributed by atoms with van der Waals surface area (Å²) in [5, 5.41) is 24.6. The monoisotopic (exact) mass is 330 g/mol. The molecular weight excluding hydrogens is 316 g/mol. The largest absolute Gasteiger partial charge is 0.480 e. The van der Waals surface area contributed by atoms with E-state index in [1.165, 1.54) is 24.0 Å². The molecule has 2 N–H and O–H groups in total. The highest BCUT2D eigenvalue weighted by atomic mass is 32.2. The van der Waals surface area contributed by atoms with Crippen LogP contribution in [0.4, 0.5) is 0 Å². The van der Waals surface area contributed by atoms with Crippen molar-refractivity contribution in [2.75, 3.05) is 6.61 Å². The highest BCUT2D eigenvalue weighted by molar-refractivity contribution is 7.93. The number of amides is 1. The van der Waals surface area contributed by atoms with Crippen LogP contribution in [0.2, 0.25) is 0 Å². The van der Waals surface area contributed by atoms with Crippen molar-refractivity contribution in [2.24, 2.45) is 5.92 Å². The molecule has 0 aliphatic carbocycles. The van der Waals surface area contributed by atoms with E-state index in [1.54, 1.807) is 0 Å². The molecule has 0 aromatic carbocycles. The molecular formula is C11H14N4O6S. The SMILES string of the molecule is C[C@]1(Cn2ccnn2)C(C(=O)O)N2C(=O)[C@@H](CO)C2S1(=O)=O. The number of aliphatic hydroxyl groups is 1. The Labute approximate surface area is 125 Å². The van der Waals surface area contributed by atoms with E-state index in [0.29, 0.717) is 0 Å². The van der Waals surface area contributed by atoms with Gasteiger partial charge in [-0.1, -0.05) is 5.21 Å². The smallest absolute Gasteiger partial charge is 0.328 e.